The van der Waals surface area contributed by atoms with Crippen molar-refractivity contribution in [2.24, 2.45) is 11.8 Å². The van der Waals surface area contributed by atoms with Crippen LogP contribution in [-0.4, -0.2) is 27.5 Å². The largest absolute Gasteiger partial charge is 0.316 e. The molecule has 19 heavy (non-hydrogen) atoms. The van der Waals surface area contributed by atoms with Crippen molar-refractivity contribution in [3.8, 4) is 0 Å². The standard InChI is InChI=1S/C12H15BrN2O2S.ClH/c1-7-2-3-8(13)4-11(7)18(16,17)15-12-9-5-14-6-10(9)12;/h2-4,9-10,12,14-15H,5-6H2,1H3;1H. The van der Waals surface area contributed by atoms with Gasteiger partial charge in [-0.2, -0.15) is 0 Å². The predicted octanol–water partition coefficient (Wildman–Crippen LogP) is 1.68. The summed E-state index contributed by atoms with van der Waals surface area (Å²) in [6, 6.07) is 5.45. The molecule has 2 unspecified atom stereocenters. The van der Waals surface area contributed by atoms with Gasteiger partial charge in [0.25, 0.3) is 0 Å². The number of nitrogens with one attached hydrogen (secondary N) is 2. The summed E-state index contributed by atoms with van der Waals surface area (Å²) < 4.78 is 28.3. The third kappa shape index (κ3) is 2.83. The van der Waals surface area contributed by atoms with Crippen molar-refractivity contribution < 1.29 is 8.42 Å². The second-order valence-corrected chi connectivity index (χ2v) is 7.64. The molecule has 1 heterocycles. The zero-order chi connectivity index (χ0) is 12.9. The molecule has 106 valence electrons. The van der Waals surface area contributed by atoms with Crippen LogP contribution in [-0.2, 0) is 10.0 Å². The normalized spacial score (nSPS) is 28.6. The zero-order valence-electron chi connectivity index (χ0n) is 10.4. The predicted molar refractivity (Wildman–Crippen MR) is 80.1 cm³/mol. The number of hydrogen-bond donors (Lipinski definition) is 2. The van der Waals surface area contributed by atoms with Crippen molar-refractivity contribution in [1.82, 2.24) is 10.0 Å². The highest BCUT2D eigenvalue weighted by molar-refractivity contribution is 9.10. The van der Waals surface area contributed by atoms with Crippen LogP contribution in [0.25, 0.3) is 0 Å². The molecule has 2 aliphatic rings. The van der Waals surface area contributed by atoms with Crippen LogP contribution in [0.3, 0.4) is 0 Å². The molecular weight excluding hydrogens is 352 g/mol. The SMILES string of the molecule is Cc1ccc(Br)cc1S(=O)(=O)NC1C2CNCC21.Cl. The molecule has 2 N–H and O–H groups in total. The van der Waals surface area contributed by atoms with Crippen molar-refractivity contribution in [3.63, 3.8) is 0 Å². The summed E-state index contributed by atoms with van der Waals surface area (Å²) in [7, 11) is -3.40. The highest BCUT2D eigenvalue weighted by atomic mass is 79.9. The fourth-order valence-corrected chi connectivity index (χ4v) is 4.82. The number of rotatable bonds is 3. The van der Waals surface area contributed by atoms with E-state index in [1.807, 2.05) is 19.1 Å². The van der Waals surface area contributed by atoms with E-state index < -0.39 is 10.0 Å². The lowest BCUT2D eigenvalue weighted by atomic mass is 10.2. The molecule has 1 aliphatic carbocycles. The number of benzene rings is 1. The van der Waals surface area contributed by atoms with E-state index in [0.29, 0.717) is 16.7 Å². The van der Waals surface area contributed by atoms with Crippen molar-refractivity contribution in [2.45, 2.75) is 17.9 Å². The lowest BCUT2D eigenvalue weighted by Gasteiger charge is -2.11. The van der Waals surface area contributed by atoms with Crippen molar-refractivity contribution in [2.75, 3.05) is 13.1 Å². The van der Waals surface area contributed by atoms with Gasteiger partial charge >= 0.3 is 0 Å². The van der Waals surface area contributed by atoms with E-state index in [2.05, 4.69) is 26.0 Å². The Bertz CT molecular complexity index is 583. The zero-order valence-corrected chi connectivity index (χ0v) is 13.6. The number of hydrogen-bond acceptors (Lipinski definition) is 3. The van der Waals surface area contributed by atoms with Gasteiger partial charge in [0, 0.05) is 10.5 Å². The van der Waals surface area contributed by atoms with E-state index in [1.165, 1.54) is 0 Å². The topological polar surface area (TPSA) is 58.2 Å². The maximum absolute atomic E-state index is 12.3. The lowest BCUT2D eigenvalue weighted by Crippen LogP contribution is -2.32. The fraction of sp³-hybridized carbons (Fsp3) is 0.500. The molecule has 0 amide bonds. The molecule has 2 fully saturated rings. The average Bonchev–Trinajstić information content (AvgIpc) is 2.77. The molecule has 0 aromatic heterocycles. The quantitative estimate of drug-likeness (QED) is 0.854. The van der Waals surface area contributed by atoms with Gasteiger partial charge in [-0.05, 0) is 49.5 Å². The summed E-state index contributed by atoms with van der Waals surface area (Å²) in [6.45, 7) is 3.67. The second kappa shape index (κ2) is 5.33. The monoisotopic (exact) mass is 366 g/mol. The molecule has 1 saturated heterocycles. The molecule has 0 bridgehead atoms. The van der Waals surface area contributed by atoms with Crippen LogP contribution in [0.1, 0.15) is 5.56 Å². The molecule has 2 atom stereocenters. The van der Waals surface area contributed by atoms with Gasteiger partial charge < -0.3 is 5.32 Å². The van der Waals surface area contributed by atoms with Crippen LogP contribution >= 0.6 is 28.3 Å². The first-order chi connectivity index (χ1) is 8.49. The average molecular weight is 368 g/mol. The molecule has 0 radical (unpaired) electrons. The van der Waals surface area contributed by atoms with Gasteiger partial charge in [0.2, 0.25) is 10.0 Å². The summed E-state index contributed by atoms with van der Waals surface area (Å²) in [5, 5.41) is 3.26. The van der Waals surface area contributed by atoms with Crippen molar-refractivity contribution >= 4 is 38.4 Å². The van der Waals surface area contributed by atoms with Gasteiger partial charge in [-0.1, -0.05) is 22.0 Å². The Morgan fingerprint density at radius 3 is 2.58 bits per heavy atom. The number of piperidine rings is 1. The first-order valence-corrected chi connectivity index (χ1v) is 8.26. The Kier molecular flexibility index (Phi) is 4.28. The van der Waals surface area contributed by atoms with Crippen LogP contribution in [0.2, 0.25) is 0 Å². The summed E-state index contributed by atoms with van der Waals surface area (Å²) in [6.07, 6.45) is 0. The Morgan fingerprint density at radius 1 is 1.32 bits per heavy atom. The van der Waals surface area contributed by atoms with Crippen LogP contribution in [0.15, 0.2) is 27.6 Å². The maximum atomic E-state index is 12.3. The Balaban J connectivity index is 0.00000133. The van der Waals surface area contributed by atoms with Crippen molar-refractivity contribution in [3.05, 3.63) is 28.2 Å². The third-order valence-corrected chi connectivity index (χ3v) is 5.92. The second-order valence-electron chi connectivity index (χ2n) is 5.04. The van der Waals surface area contributed by atoms with Crippen LogP contribution < -0.4 is 10.0 Å². The minimum absolute atomic E-state index is 0. The van der Waals surface area contributed by atoms with Gasteiger partial charge in [0.05, 0.1) is 4.90 Å². The van der Waals surface area contributed by atoms with E-state index in [-0.39, 0.29) is 18.4 Å². The van der Waals surface area contributed by atoms with Crippen LogP contribution in [0.5, 0.6) is 0 Å². The van der Waals surface area contributed by atoms with Gasteiger partial charge in [-0.25, -0.2) is 13.1 Å². The molecule has 1 aromatic carbocycles. The molecule has 4 nitrogen and oxygen atoms in total. The smallest absolute Gasteiger partial charge is 0.241 e. The Hall–Kier alpha value is -0.140. The van der Waals surface area contributed by atoms with Crippen LogP contribution in [0.4, 0.5) is 0 Å². The Labute approximate surface area is 127 Å². The Morgan fingerprint density at radius 2 is 1.95 bits per heavy atom. The van der Waals surface area contributed by atoms with E-state index in [1.54, 1.807) is 6.07 Å². The van der Waals surface area contributed by atoms with E-state index in [9.17, 15) is 8.42 Å². The highest BCUT2D eigenvalue weighted by Gasteiger charge is 2.54. The fourth-order valence-electron chi connectivity index (χ4n) is 2.70. The summed E-state index contributed by atoms with van der Waals surface area (Å²) in [5.74, 6) is 0.958. The summed E-state index contributed by atoms with van der Waals surface area (Å²) in [4.78, 5) is 0.370. The van der Waals surface area contributed by atoms with Gasteiger partial charge in [0.1, 0.15) is 0 Å². The van der Waals surface area contributed by atoms with Gasteiger partial charge in [-0.3, -0.25) is 0 Å². The summed E-state index contributed by atoms with van der Waals surface area (Å²) in [5.41, 5.74) is 0.773. The highest BCUT2D eigenvalue weighted by Crippen LogP contribution is 2.42. The molecule has 1 saturated carbocycles. The first-order valence-electron chi connectivity index (χ1n) is 5.98. The third-order valence-electron chi connectivity index (χ3n) is 3.82. The number of fused-ring (bicyclic) bond motifs is 1. The molecule has 1 aliphatic heterocycles. The number of aryl methyl sites for hydroxylation is 1. The molecule has 7 heteroatoms. The van der Waals surface area contributed by atoms with E-state index in [0.717, 1.165) is 23.1 Å². The maximum Gasteiger partial charge on any atom is 0.241 e. The van der Waals surface area contributed by atoms with Crippen molar-refractivity contribution in [1.29, 1.82) is 0 Å². The minimum Gasteiger partial charge on any atom is -0.316 e. The van der Waals surface area contributed by atoms with E-state index in [4.69, 9.17) is 0 Å². The van der Waals surface area contributed by atoms with Gasteiger partial charge in [-0.15, -0.1) is 12.4 Å². The lowest BCUT2D eigenvalue weighted by molar-refractivity contribution is 0.564. The molecule has 0 spiro atoms. The minimum atomic E-state index is -3.40. The molecular formula is C12H16BrClN2O2S. The van der Waals surface area contributed by atoms with E-state index >= 15 is 0 Å². The molecule has 3 rings (SSSR count). The van der Waals surface area contributed by atoms with Gasteiger partial charge in [0.15, 0.2) is 0 Å². The van der Waals surface area contributed by atoms with Crippen LogP contribution in [0, 0.1) is 18.8 Å². The first kappa shape index (κ1) is 15.3. The number of sulfonamides is 1. The number of halogens is 2. The summed E-state index contributed by atoms with van der Waals surface area (Å²) >= 11 is 3.32. The molecule has 1 aromatic rings.